The Labute approximate surface area is 95.3 Å². The molecule has 1 aliphatic rings. The van der Waals surface area contributed by atoms with Gasteiger partial charge in [-0.2, -0.15) is 5.10 Å². The third-order valence-corrected chi connectivity index (χ3v) is 3.44. The minimum atomic E-state index is -0.716. The van der Waals surface area contributed by atoms with Crippen LogP contribution in [0.1, 0.15) is 45.6 Å². The molecule has 0 bridgehead atoms. The monoisotopic (exact) mass is 222 g/mol. The lowest BCUT2D eigenvalue weighted by Gasteiger charge is -2.36. The van der Waals surface area contributed by atoms with Crippen molar-refractivity contribution in [1.82, 2.24) is 9.78 Å². The number of rotatable bonds is 2. The van der Waals surface area contributed by atoms with E-state index in [-0.39, 0.29) is 5.54 Å². The number of carboxylic acids is 1. The molecule has 0 aromatic carbocycles. The van der Waals surface area contributed by atoms with Gasteiger partial charge in [-0.15, -0.1) is 0 Å². The first-order valence-corrected chi connectivity index (χ1v) is 5.65. The van der Waals surface area contributed by atoms with E-state index in [1.54, 1.807) is 6.20 Å². The van der Waals surface area contributed by atoms with Crippen molar-refractivity contribution in [1.29, 1.82) is 0 Å². The van der Waals surface area contributed by atoms with Crippen LogP contribution in [-0.4, -0.2) is 20.9 Å². The maximum absolute atomic E-state index is 11.3. The van der Waals surface area contributed by atoms with Crippen LogP contribution in [0.2, 0.25) is 0 Å². The molecule has 1 aromatic heterocycles. The minimum absolute atomic E-state index is 0.0955. The van der Waals surface area contributed by atoms with Gasteiger partial charge in [0.2, 0.25) is 0 Å². The zero-order valence-electron chi connectivity index (χ0n) is 10.0. The quantitative estimate of drug-likeness (QED) is 0.834. The van der Waals surface area contributed by atoms with Crippen molar-refractivity contribution >= 4 is 5.97 Å². The molecule has 1 aromatic rings. The Morgan fingerprint density at radius 3 is 2.44 bits per heavy atom. The van der Waals surface area contributed by atoms with E-state index in [4.69, 9.17) is 0 Å². The van der Waals surface area contributed by atoms with Gasteiger partial charge in [0.15, 0.2) is 0 Å². The summed E-state index contributed by atoms with van der Waals surface area (Å²) in [5, 5.41) is 13.6. The van der Waals surface area contributed by atoms with Gasteiger partial charge in [0.25, 0.3) is 0 Å². The van der Waals surface area contributed by atoms with Crippen LogP contribution < -0.4 is 0 Å². The van der Waals surface area contributed by atoms with Gasteiger partial charge in [-0.3, -0.25) is 9.48 Å². The van der Waals surface area contributed by atoms with Crippen LogP contribution >= 0.6 is 0 Å². The van der Waals surface area contributed by atoms with Gasteiger partial charge < -0.3 is 5.11 Å². The number of hydrogen-bond donors (Lipinski definition) is 1. The average Bonchev–Trinajstić information content (AvgIpc) is 2.48. The molecule has 0 radical (unpaired) electrons. The molecular weight excluding hydrogens is 204 g/mol. The normalized spacial score (nSPS) is 19.2. The van der Waals surface area contributed by atoms with Gasteiger partial charge in [0, 0.05) is 11.8 Å². The first kappa shape index (κ1) is 11.2. The van der Waals surface area contributed by atoms with Crippen molar-refractivity contribution in [3.63, 3.8) is 0 Å². The maximum atomic E-state index is 11.3. The van der Waals surface area contributed by atoms with E-state index in [0.717, 1.165) is 24.8 Å². The standard InChI is InChI=1S/C12H18N2O2/c1-11(2,3)14-8-9(7-13-14)12(10(15)16)5-4-6-12/h7-8H,4-6H2,1-3H3,(H,15,16). The van der Waals surface area contributed by atoms with Crippen LogP contribution in [0.3, 0.4) is 0 Å². The van der Waals surface area contributed by atoms with Crippen molar-refractivity contribution in [3.8, 4) is 0 Å². The zero-order chi connectivity index (χ0) is 12.0. The molecule has 2 rings (SSSR count). The molecule has 0 saturated heterocycles. The highest BCUT2D eigenvalue weighted by Crippen LogP contribution is 2.44. The smallest absolute Gasteiger partial charge is 0.314 e. The molecule has 1 fully saturated rings. The molecule has 1 saturated carbocycles. The van der Waals surface area contributed by atoms with E-state index in [9.17, 15) is 9.90 Å². The second-order valence-electron chi connectivity index (χ2n) is 5.59. The third-order valence-electron chi connectivity index (χ3n) is 3.44. The summed E-state index contributed by atoms with van der Waals surface area (Å²) < 4.78 is 1.84. The van der Waals surface area contributed by atoms with Crippen molar-refractivity contribution in [2.24, 2.45) is 0 Å². The van der Waals surface area contributed by atoms with E-state index in [1.165, 1.54) is 0 Å². The van der Waals surface area contributed by atoms with E-state index in [1.807, 2.05) is 10.9 Å². The SMILES string of the molecule is CC(C)(C)n1cc(C2(C(=O)O)CCC2)cn1. The van der Waals surface area contributed by atoms with E-state index < -0.39 is 11.4 Å². The number of hydrogen-bond acceptors (Lipinski definition) is 2. The summed E-state index contributed by atoms with van der Waals surface area (Å²) >= 11 is 0. The summed E-state index contributed by atoms with van der Waals surface area (Å²) in [7, 11) is 0. The third kappa shape index (κ3) is 1.52. The van der Waals surface area contributed by atoms with Crippen LogP contribution in [-0.2, 0) is 15.7 Å². The zero-order valence-corrected chi connectivity index (χ0v) is 10.0. The van der Waals surface area contributed by atoms with Crippen LogP contribution in [0.25, 0.3) is 0 Å². The molecule has 0 amide bonds. The van der Waals surface area contributed by atoms with Gasteiger partial charge in [0.05, 0.1) is 17.2 Å². The number of aliphatic carboxylic acids is 1. The first-order valence-electron chi connectivity index (χ1n) is 5.65. The fraction of sp³-hybridized carbons (Fsp3) is 0.667. The Hall–Kier alpha value is -1.32. The Morgan fingerprint density at radius 2 is 2.12 bits per heavy atom. The molecule has 4 heteroatoms. The summed E-state index contributed by atoms with van der Waals surface area (Å²) in [6, 6.07) is 0. The largest absolute Gasteiger partial charge is 0.481 e. The van der Waals surface area contributed by atoms with Gasteiger partial charge in [-0.1, -0.05) is 6.42 Å². The Bertz CT molecular complexity index is 411. The van der Waals surface area contributed by atoms with Crippen molar-refractivity contribution in [2.45, 2.75) is 51.0 Å². The molecule has 1 N–H and O–H groups in total. The lowest BCUT2D eigenvalue weighted by Crippen LogP contribution is -2.42. The molecule has 4 nitrogen and oxygen atoms in total. The lowest BCUT2D eigenvalue weighted by molar-refractivity contribution is -0.147. The molecule has 88 valence electrons. The molecule has 1 heterocycles. The summed E-state index contributed by atoms with van der Waals surface area (Å²) in [4.78, 5) is 11.3. The Morgan fingerprint density at radius 1 is 1.50 bits per heavy atom. The topological polar surface area (TPSA) is 55.1 Å². The van der Waals surface area contributed by atoms with E-state index in [2.05, 4.69) is 25.9 Å². The molecule has 0 aliphatic heterocycles. The number of carboxylic acid groups (broad SMARTS) is 1. The first-order chi connectivity index (χ1) is 7.36. The number of carbonyl (C=O) groups is 1. The van der Waals surface area contributed by atoms with E-state index >= 15 is 0 Å². The summed E-state index contributed by atoms with van der Waals surface area (Å²) in [5.74, 6) is -0.716. The van der Waals surface area contributed by atoms with Gasteiger partial charge in [-0.25, -0.2) is 0 Å². The molecular formula is C12H18N2O2. The highest BCUT2D eigenvalue weighted by atomic mass is 16.4. The van der Waals surface area contributed by atoms with Crippen molar-refractivity contribution in [2.75, 3.05) is 0 Å². The number of nitrogens with zero attached hydrogens (tertiary/aromatic N) is 2. The molecule has 0 spiro atoms. The van der Waals surface area contributed by atoms with Gasteiger partial charge >= 0.3 is 5.97 Å². The Kier molecular flexibility index (Phi) is 2.33. The average molecular weight is 222 g/mol. The Balaban J connectivity index is 2.35. The minimum Gasteiger partial charge on any atom is -0.481 e. The second-order valence-corrected chi connectivity index (χ2v) is 5.59. The number of aromatic nitrogens is 2. The predicted molar refractivity (Wildman–Crippen MR) is 60.4 cm³/mol. The van der Waals surface area contributed by atoms with Crippen LogP contribution in [0.5, 0.6) is 0 Å². The highest BCUT2D eigenvalue weighted by molar-refractivity contribution is 5.82. The fourth-order valence-electron chi connectivity index (χ4n) is 2.09. The van der Waals surface area contributed by atoms with Crippen molar-refractivity contribution in [3.05, 3.63) is 18.0 Å². The summed E-state index contributed by atoms with van der Waals surface area (Å²) in [6.07, 6.45) is 6.05. The highest BCUT2D eigenvalue weighted by Gasteiger charge is 2.47. The van der Waals surface area contributed by atoms with E-state index in [0.29, 0.717) is 0 Å². The molecule has 16 heavy (non-hydrogen) atoms. The molecule has 0 atom stereocenters. The molecule has 0 unspecified atom stereocenters. The summed E-state index contributed by atoms with van der Waals surface area (Å²) in [5.41, 5.74) is 0.0896. The second kappa shape index (κ2) is 3.34. The lowest BCUT2D eigenvalue weighted by atomic mass is 9.65. The van der Waals surface area contributed by atoms with Crippen LogP contribution in [0.15, 0.2) is 12.4 Å². The van der Waals surface area contributed by atoms with Crippen LogP contribution in [0.4, 0.5) is 0 Å². The fourth-order valence-corrected chi connectivity index (χ4v) is 2.09. The molecule has 1 aliphatic carbocycles. The van der Waals surface area contributed by atoms with Gasteiger partial charge in [0.1, 0.15) is 0 Å². The predicted octanol–water partition coefficient (Wildman–Crippen LogP) is 2.14. The van der Waals surface area contributed by atoms with Crippen molar-refractivity contribution < 1.29 is 9.90 Å². The summed E-state index contributed by atoms with van der Waals surface area (Å²) in [6.45, 7) is 6.16. The van der Waals surface area contributed by atoms with Crippen LogP contribution in [0, 0.1) is 0 Å². The maximum Gasteiger partial charge on any atom is 0.314 e. The van der Waals surface area contributed by atoms with Gasteiger partial charge in [-0.05, 0) is 33.6 Å².